The molecular weight excluding hydrogens is 350 g/mol. The number of carbonyl (C=O) groups excluding carboxylic acids is 2. The van der Waals surface area contributed by atoms with E-state index >= 15 is 0 Å². The molecule has 2 aromatic rings. The Labute approximate surface area is 157 Å². The van der Waals surface area contributed by atoms with Crippen LogP contribution in [0.15, 0.2) is 35.7 Å². The summed E-state index contributed by atoms with van der Waals surface area (Å²) in [7, 11) is 0. The third-order valence-corrected chi connectivity index (χ3v) is 5.27. The minimum Gasteiger partial charge on any atom is -0.450 e. The lowest BCUT2D eigenvalue weighted by molar-refractivity contribution is -0.123. The molecule has 1 aliphatic rings. The lowest BCUT2D eigenvalue weighted by atomic mass is 9.96. The molecule has 0 spiro atoms. The zero-order valence-electron chi connectivity index (χ0n) is 15.1. The number of likely N-dealkylation sites (tertiary alicyclic amines) is 1. The maximum absolute atomic E-state index is 13.3. The normalized spacial score (nSPS) is 17.0. The molecule has 1 fully saturated rings. The monoisotopic (exact) mass is 373 g/mol. The molecule has 0 radical (unpaired) electrons. The van der Waals surface area contributed by atoms with Gasteiger partial charge in [-0.15, -0.1) is 11.3 Å². The van der Waals surface area contributed by atoms with Crippen LogP contribution in [0.1, 0.15) is 25.5 Å². The predicted molar refractivity (Wildman–Crippen MR) is 102 cm³/mol. The van der Waals surface area contributed by atoms with E-state index in [1.165, 1.54) is 11.3 Å². The smallest absolute Gasteiger partial charge is 0.409 e. The highest BCUT2D eigenvalue weighted by atomic mass is 32.1. The molecule has 3 rings (SSSR count). The molecule has 1 saturated heterocycles. The van der Waals surface area contributed by atoms with Gasteiger partial charge < -0.3 is 9.64 Å². The predicted octanol–water partition coefficient (Wildman–Crippen LogP) is 3.98. The number of aryl methyl sites for hydroxylation is 1. The molecule has 1 aliphatic heterocycles. The van der Waals surface area contributed by atoms with Crippen molar-refractivity contribution in [2.45, 2.75) is 26.7 Å². The van der Waals surface area contributed by atoms with Gasteiger partial charge in [0.05, 0.1) is 23.9 Å². The maximum Gasteiger partial charge on any atom is 0.409 e. The number of piperidine rings is 1. The van der Waals surface area contributed by atoms with E-state index in [0.29, 0.717) is 24.8 Å². The lowest BCUT2D eigenvalue weighted by Gasteiger charge is -2.33. The van der Waals surface area contributed by atoms with Crippen LogP contribution >= 0.6 is 11.3 Å². The Morgan fingerprint density at radius 1 is 1.35 bits per heavy atom. The van der Waals surface area contributed by atoms with Crippen LogP contribution in [-0.4, -0.2) is 41.6 Å². The molecule has 0 aliphatic carbocycles. The van der Waals surface area contributed by atoms with Crippen molar-refractivity contribution in [1.82, 2.24) is 9.88 Å². The number of nitrogens with zero attached hydrogens (tertiary/aromatic N) is 3. The highest BCUT2D eigenvalue weighted by Gasteiger charge is 2.34. The zero-order chi connectivity index (χ0) is 18.5. The largest absolute Gasteiger partial charge is 0.450 e. The average molecular weight is 373 g/mol. The molecule has 0 bridgehead atoms. The van der Waals surface area contributed by atoms with Gasteiger partial charge in [0, 0.05) is 18.5 Å². The number of rotatable bonds is 4. The number of thiazole rings is 1. The molecule has 2 heterocycles. The van der Waals surface area contributed by atoms with Crippen LogP contribution < -0.4 is 4.90 Å². The van der Waals surface area contributed by atoms with Crippen LogP contribution in [0.4, 0.5) is 15.6 Å². The number of carbonyl (C=O) groups is 2. The van der Waals surface area contributed by atoms with E-state index in [4.69, 9.17) is 4.74 Å². The Kier molecular flexibility index (Phi) is 5.88. The fourth-order valence-corrected chi connectivity index (χ4v) is 3.92. The quantitative estimate of drug-likeness (QED) is 0.813. The standard InChI is InChI=1S/C19H23N3O3S/c1-3-25-19(24)21-11-7-8-15(12-21)17(23)22(16-9-5-4-6-10-16)18-20-14(2)13-26-18/h4-6,9-10,13,15H,3,7-8,11-12H2,1-2H3. The first kappa shape index (κ1) is 18.4. The van der Waals surface area contributed by atoms with Crippen molar-refractivity contribution in [3.63, 3.8) is 0 Å². The number of para-hydroxylation sites is 1. The summed E-state index contributed by atoms with van der Waals surface area (Å²) in [6.45, 7) is 5.04. The molecular formula is C19H23N3O3S. The van der Waals surface area contributed by atoms with Crippen LogP contribution in [0.3, 0.4) is 0 Å². The lowest BCUT2D eigenvalue weighted by Crippen LogP contribution is -2.46. The molecule has 2 amide bonds. The summed E-state index contributed by atoms with van der Waals surface area (Å²) in [6.07, 6.45) is 1.19. The van der Waals surface area contributed by atoms with E-state index in [0.717, 1.165) is 24.2 Å². The molecule has 138 valence electrons. The third-order valence-electron chi connectivity index (χ3n) is 4.33. The van der Waals surface area contributed by atoms with Gasteiger partial charge in [-0.3, -0.25) is 9.69 Å². The Bertz CT molecular complexity index is 762. The van der Waals surface area contributed by atoms with Gasteiger partial charge in [-0.2, -0.15) is 0 Å². The van der Waals surface area contributed by atoms with Crippen LogP contribution in [0, 0.1) is 12.8 Å². The second-order valence-electron chi connectivity index (χ2n) is 6.26. The number of ether oxygens (including phenoxy) is 1. The van der Waals surface area contributed by atoms with Crippen LogP contribution in [0.5, 0.6) is 0 Å². The zero-order valence-corrected chi connectivity index (χ0v) is 15.9. The van der Waals surface area contributed by atoms with Gasteiger partial charge in [0.1, 0.15) is 0 Å². The van der Waals surface area contributed by atoms with Crippen molar-refractivity contribution in [3.8, 4) is 0 Å². The molecule has 1 atom stereocenters. The van der Waals surface area contributed by atoms with E-state index in [2.05, 4.69) is 4.98 Å². The molecule has 1 aromatic heterocycles. The van der Waals surface area contributed by atoms with E-state index < -0.39 is 0 Å². The van der Waals surface area contributed by atoms with Crippen molar-refractivity contribution in [2.24, 2.45) is 5.92 Å². The summed E-state index contributed by atoms with van der Waals surface area (Å²) >= 11 is 1.45. The van der Waals surface area contributed by atoms with E-state index in [1.54, 1.807) is 16.7 Å². The Hall–Kier alpha value is -2.41. The number of benzene rings is 1. The number of hydrogen-bond donors (Lipinski definition) is 0. The summed E-state index contributed by atoms with van der Waals surface area (Å²) in [4.78, 5) is 33.2. The molecule has 26 heavy (non-hydrogen) atoms. The van der Waals surface area contributed by atoms with Crippen molar-refractivity contribution >= 4 is 34.2 Å². The number of hydrogen-bond acceptors (Lipinski definition) is 5. The molecule has 6 nitrogen and oxygen atoms in total. The summed E-state index contributed by atoms with van der Waals surface area (Å²) in [6, 6.07) is 9.53. The molecule has 0 N–H and O–H groups in total. The van der Waals surface area contributed by atoms with Crippen molar-refractivity contribution in [2.75, 3.05) is 24.6 Å². The number of aromatic nitrogens is 1. The van der Waals surface area contributed by atoms with Gasteiger partial charge in [-0.1, -0.05) is 18.2 Å². The van der Waals surface area contributed by atoms with Gasteiger partial charge in [0.25, 0.3) is 0 Å². The van der Waals surface area contributed by atoms with Crippen LogP contribution in [-0.2, 0) is 9.53 Å². The summed E-state index contributed by atoms with van der Waals surface area (Å²) in [5, 5.41) is 2.59. The van der Waals surface area contributed by atoms with Gasteiger partial charge in [0.15, 0.2) is 5.13 Å². The molecule has 1 aromatic carbocycles. The van der Waals surface area contributed by atoms with Crippen molar-refractivity contribution in [1.29, 1.82) is 0 Å². The summed E-state index contributed by atoms with van der Waals surface area (Å²) < 4.78 is 5.09. The first-order valence-electron chi connectivity index (χ1n) is 8.83. The average Bonchev–Trinajstić information content (AvgIpc) is 3.09. The van der Waals surface area contributed by atoms with Gasteiger partial charge >= 0.3 is 6.09 Å². The van der Waals surface area contributed by atoms with Crippen LogP contribution in [0.2, 0.25) is 0 Å². The minimum atomic E-state index is -0.346. The SMILES string of the molecule is CCOC(=O)N1CCCC(C(=O)N(c2ccccc2)c2nc(C)cs2)C1. The summed E-state index contributed by atoms with van der Waals surface area (Å²) in [5.41, 5.74) is 1.68. The van der Waals surface area contributed by atoms with E-state index in [-0.39, 0.29) is 17.9 Å². The highest BCUT2D eigenvalue weighted by Crippen LogP contribution is 2.32. The van der Waals surface area contributed by atoms with Gasteiger partial charge in [-0.25, -0.2) is 9.78 Å². The second kappa shape index (κ2) is 8.31. The van der Waals surface area contributed by atoms with Gasteiger partial charge in [0.2, 0.25) is 5.91 Å². The van der Waals surface area contributed by atoms with Crippen LogP contribution in [0.25, 0.3) is 0 Å². The minimum absolute atomic E-state index is 0.0282. The molecule has 1 unspecified atom stereocenters. The number of anilines is 2. The molecule has 0 saturated carbocycles. The fourth-order valence-electron chi connectivity index (χ4n) is 3.10. The van der Waals surface area contributed by atoms with Crippen molar-refractivity contribution < 1.29 is 14.3 Å². The van der Waals surface area contributed by atoms with Gasteiger partial charge in [-0.05, 0) is 38.8 Å². The second-order valence-corrected chi connectivity index (χ2v) is 7.10. The third kappa shape index (κ3) is 4.04. The molecule has 7 heteroatoms. The van der Waals surface area contributed by atoms with E-state index in [9.17, 15) is 9.59 Å². The Morgan fingerprint density at radius 2 is 2.12 bits per heavy atom. The van der Waals surface area contributed by atoms with E-state index in [1.807, 2.05) is 42.6 Å². The Balaban J connectivity index is 1.84. The first-order valence-corrected chi connectivity index (χ1v) is 9.71. The first-order chi connectivity index (χ1) is 12.6. The topological polar surface area (TPSA) is 62.7 Å². The number of amides is 2. The highest BCUT2D eigenvalue weighted by molar-refractivity contribution is 7.14. The Morgan fingerprint density at radius 3 is 2.77 bits per heavy atom. The fraction of sp³-hybridized carbons (Fsp3) is 0.421. The maximum atomic E-state index is 13.3. The summed E-state index contributed by atoms with van der Waals surface area (Å²) in [5.74, 6) is -0.294. The van der Waals surface area contributed by atoms with Crippen molar-refractivity contribution in [3.05, 3.63) is 41.4 Å².